The third-order valence-electron chi connectivity index (χ3n) is 4.86. The molecule has 1 N–H and O–H groups in total. The molecule has 1 aromatic heterocycles. The molecule has 1 amide bonds. The third kappa shape index (κ3) is 3.47. The molecule has 4 rings (SSSR count). The fraction of sp³-hybridized carbons (Fsp3) is 0.350. The molecule has 1 aliphatic carbocycles. The largest absolute Gasteiger partial charge is 0.496 e. The summed E-state index contributed by atoms with van der Waals surface area (Å²) >= 11 is 5.32. The van der Waals surface area contributed by atoms with E-state index in [1.54, 1.807) is 12.0 Å². The Hall–Kier alpha value is -2.67. The SMILES string of the molecule is COc1ccc(/C=C2/NC(=S)N(C3CC3)C2=O)cc1Cn1nc(C)cc1C. The van der Waals surface area contributed by atoms with Gasteiger partial charge in [-0.25, -0.2) is 0 Å². The summed E-state index contributed by atoms with van der Waals surface area (Å²) in [7, 11) is 1.66. The first kappa shape index (κ1) is 17.7. The second-order valence-electron chi connectivity index (χ2n) is 7.05. The van der Waals surface area contributed by atoms with Crippen LogP contribution in [-0.4, -0.2) is 38.9 Å². The van der Waals surface area contributed by atoms with Crippen molar-refractivity contribution in [3.05, 3.63) is 52.5 Å². The summed E-state index contributed by atoms with van der Waals surface area (Å²) in [6.45, 7) is 4.62. The van der Waals surface area contributed by atoms with Crippen molar-refractivity contribution >= 4 is 29.3 Å². The number of carbonyl (C=O) groups is 1. The minimum atomic E-state index is -0.0431. The minimum Gasteiger partial charge on any atom is -0.496 e. The highest BCUT2D eigenvalue weighted by atomic mass is 32.1. The highest BCUT2D eigenvalue weighted by Crippen LogP contribution is 2.31. The molecular weight excluding hydrogens is 360 g/mol. The third-order valence-corrected chi connectivity index (χ3v) is 5.16. The van der Waals surface area contributed by atoms with Crippen molar-refractivity contribution in [2.24, 2.45) is 0 Å². The Morgan fingerprint density at radius 3 is 2.74 bits per heavy atom. The molecule has 0 unspecified atom stereocenters. The topological polar surface area (TPSA) is 59.4 Å². The molecule has 0 bridgehead atoms. The number of ether oxygens (including phenoxy) is 1. The molecule has 1 aromatic carbocycles. The van der Waals surface area contributed by atoms with E-state index in [1.807, 2.05) is 48.9 Å². The Morgan fingerprint density at radius 1 is 1.33 bits per heavy atom. The fourth-order valence-electron chi connectivity index (χ4n) is 3.39. The van der Waals surface area contributed by atoms with Crippen LogP contribution in [0.4, 0.5) is 0 Å². The normalized spacial score (nSPS) is 18.3. The lowest BCUT2D eigenvalue weighted by atomic mass is 10.1. The number of carbonyl (C=O) groups excluding carboxylic acids is 1. The van der Waals surface area contributed by atoms with E-state index in [4.69, 9.17) is 17.0 Å². The molecule has 2 aliphatic rings. The number of thiocarbonyl (C=S) groups is 1. The van der Waals surface area contributed by atoms with Gasteiger partial charge in [-0.2, -0.15) is 5.10 Å². The van der Waals surface area contributed by atoms with Crippen molar-refractivity contribution in [2.75, 3.05) is 7.11 Å². The van der Waals surface area contributed by atoms with Gasteiger partial charge in [0.1, 0.15) is 11.4 Å². The van der Waals surface area contributed by atoms with E-state index in [9.17, 15) is 4.79 Å². The van der Waals surface area contributed by atoms with E-state index in [0.717, 1.165) is 41.1 Å². The number of nitrogens with one attached hydrogen (secondary N) is 1. The van der Waals surface area contributed by atoms with Gasteiger partial charge in [-0.1, -0.05) is 6.07 Å². The molecule has 1 saturated heterocycles. The molecular formula is C20H22N4O2S. The Morgan fingerprint density at radius 2 is 2.11 bits per heavy atom. The van der Waals surface area contributed by atoms with Gasteiger partial charge in [-0.3, -0.25) is 14.4 Å². The van der Waals surface area contributed by atoms with Crippen molar-refractivity contribution in [2.45, 2.75) is 39.3 Å². The van der Waals surface area contributed by atoms with Gasteiger partial charge in [0, 0.05) is 17.3 Å². The van der Waals surface area contributed by atoms with Crippen LogP contribution in [0.3, 0.4) is 0 Å². The fourth-order valence-corrected chi connectivity index (χ4v) is 3.73. The van der Waals surface area contributed by atoms with Crippen molar-refractivity contribution in [3.8, 4) is 5.75 Å². The number of nitrogens with zero attached hydrogens (tertiary/aromatic N) is 3. The molecule has 140 valence electrons. The van der Waals surface area contributed by atoms with E-state index >= 15 is 0 Å². The number of hydrogen-bond acceptors (Lipinski definition) is 4. The zero-order valence-corrected chi connectivity index (χ0v) is 16.5. The summed E-state index contributed by atoms with van der Waals surface area (Å²) in [6.07, 6.45) is 3.90. The van der Waals surface area contributed by atoms with Crippen LogP contribution in [0.15, 0.2) is 30.0 Å². The average molecular weight is 382 g/mol. The van der Waals surface area contributed by atoms with Crippen molar-refractivity contribution < 1.29 is 9.53 Å². The molecule has 2 fully saturated rings. The van der Waals surface area contributed by atoms with Gasteiger partial charge in [-0.15, -0.1) is 0 Å². The molecule has 6 nitrogen and oxygen atoms in total. The van der Waals surface area contributed by atoms with Gasteiger partial charge in [0.25, 0.3) is 5.91 Å². The Balaban J connectivity index is 1.63. The van der Waals surface area contributed by atoms with Crippen LogP contribution < -0.4 is 10.1 Å². The van der Waals surface area contributed by atoms with Gasteiger partial charge in [0.15, 0.2) is 5.11 Å². The van der Waals surface area contributed by atoms with E-state index in [1.165, 1.54) is 0 Å². The second-order valence-corrected chi connectivity index (χ2v) is 7.44. The Bertz CT molecular complexity index is 959. The van der Waals surface area contributed by atoms with Crippen LogP contribution in [0.25, 0.3) is 6.08 Å². The summed E-state index contributed by atoms with van der Waals surface area (Å²) in [6, 6.07) is 8.20. The highest BCUT2D eigenvalue weighted by molar-refractivity contribution is 7.80. The number of benzene rings is 1. The van der Waals surface area contributed by atoms with Crippen molar-refractivity contribution in [1.82, 2.24) is 20.0 Å². The minimum absolute atomic E-state index is 0.0431. The lowest BCUT2D eigenvalue weighted by Crippen LogP contribution is -2.32. The monoisotopic (exact) mass is 382 g/mol. The molecule has 2 aromatic rings. The summed E-state index contributed by atoms with van der Waals surface area (Å²) < 4.78 is 7.46. The summed E-state index contributed by atoms with van der Waals surface area (Å²) in [5.41, 5.74) is 4.53. The first-order chi connectivity index (χ1) is 13.0. The summed E-state index contributed by atoms with van der Waals surface area (Å²) in [5, 5.41) is 8.09. The first-order valence-electron chi connectivity index (χ1n) is 9.00. The van der Waals surface area contributed by atoms with Crippen LogP contribution in [0, 0.1) is 13.8 Å². The smallest absolute Gasteiger partial charge is 0.276 e. The van der Waals surface area contributed by atoms with Crippen LogP contribution in [0.5, 0.6) is 5.75 Å². The van der Waals surface area contributed by atoms with Gasteiger partial charge in [0.2, 0.25) is 0 Å². The zero-order chi connectivity index (χ0) is 19.1. The van der Waals surface area contributed by atoms with Crippen molar-refractivity contribution in [1.29, 1.82) is 0 Å². The molecule has 1 aliphatic heterocycles. The number of hydrogen-bond donors (Lipinski definition) is 1. The molecule has 2 heterocycles. The first-order valence-corrected chi connectivity index (χ1v) is 9.41. The summed E-state index contributed by atoms with van der Waals surface area (Å²) in [5.74, 6) is 0.754. The van der Waals surface area contributed by atoms with Gasteiger partial charge in [0.05, 0.1) is 19.3 Å². The number of aryl methyl sites for hydroxylation is 2. The number of methoxy groups -OCH3 is 1. The van der Waals surface area contributed by atoms with E-state index in [-0.39, 0.29) is 11.9 Å². The molecule has 0 spiro atoms. The van der Waals surface area contributed by atoms with Crippen LogP contribution in [-0.2, 0) is 11.3 Å². The maximum absolute atomic E-state index is 12.6. The van der Waals surface area contributed by atoms with E-state index < -0.39 is 0 Å². The maximum Gasteiger partial charge on any atom is 0.276 e. The quantitative estimate of drug-likeness (QED) is 0.637. The Kier molecular flexibility index (Phi) is 4.47. The summed E-state index contributed by atoms with van der Waals surface area (Å²) in [4.78, 5) is 14.3. The van der Waals surface area contributed by atoms with Crippen LogP contribution >= 0.6 is 12.2 Å². The number of aromatic nitrogens is 2. The standard InChI is InChI=1S/C20H22N4O2S/c1-12-8-13(2)23(22-12)11-15-9-14(4-7-18(15)26-3)10-17-19(25)24(16-5-6-16)20(27)21-17/h4,7-10,16H,5-6,11H2,1-3H3,(H,21,27)/b17-10+. The second kappa shape index (κ2) is 6.81. The molecule has 0 radical (unpaired) electrons. The zero-order valence-electron chi connectivity index (χ0n) is 15.7. The van der Waals surface area contributed by atoms with Gasteiger partial charge >= 0.3 is 0 Å². The lowest BCUT2D eigenvalue weighted by Gasteiger charge is -2.12. The molecule has 7 heteroatoms. The Labute approximate surface area is 163 Å². The number of amides is 1. The molecule has 0 atom stereocenters. The van der Waals surface area contributed by atoms with Gasteiger partial charge in [-0.05, 0) is 68.7 Å². The average Bonchev–Trinajstić information content (AvgIpc) is 3.34. The maximum atomic E-state index is 12.6. The lowest BCUT2D eigenvalue weighted by molar-refractivity contribution is -0.122. The predicted molar refractivity (Wildman–Crippen MR) is 107 cm³/mol. The van der Waals surface area contributed by atoms with E-state index in [2.05, 4.69) is 10.4 Å². The van der Waals surface area contributed by atoms with Gasteiger partial charge < -0.3 is 10.1 Å². The number of rotatable bonds is 5. The van der Waals surface area contributed by atoms with Crippen LogP contribution in [0.2, 0.25) is 0 Å². The molecule has 27 heavy (non-hydrogen) atoms. The van der Waals surface area contributed by atoms with Crippen molar-refractivity contribution in [3.63, 3.8) is 0 Å². The van der Waals surface area contributed by atoms with Crippen LogP contribution in [0.1, 0.15) is 35.4 Å². The highest BCUT2D eigenvalue weighted by Gasteiger charge is 2.41. The molecule has 1 saturated carbocycles. The predicted octanol–water partition coefficient (Wildman–Crippen LogP) is 2.78. The van der Waals surface area contributed by atoms with E-state index in [0.29, 0.717) is 17.4 Å².